The molecular weight excluding hydrogens is 349 g/mol. The fourth-order valence-corrected chi connectivity index (χ4v) is 4.62. The number of sulfonamides is 1. The third-order valence-corrected chi connectivity index (χ3v) is 6.34. The summed E-state index contributed by atoms with van der Waals surface area (Å²) in [6.45, 7) is 3.76. The smallest absolute Gasteiger partial charge is 0.256 e. The minimum atomic E-state index is -3.74. The number of rotatable bonds is 3. The molecule has 0 saturated carbocycles. The van der Waals surface area contributed by atoms with E-state index < -0.39 is 21.7 Å². The largest absolute Gasteiger partial charge is 0.360 e. The van der Waals surface area contributed by atoms with E-state index in [0.717, 1.165) is 0 Å². The van der Waals surface area contributed by atoms with E-state index in [1.807, 2.05) is 0 Å². The molecule has 7 nitrogen and oxygen atoms in total. The van der Waals surface area contributed by atoms with Crippen LogP contribution in [0.1, 0.15) is 21.8 Å². The van der Waals surface area contributed by atoms with Crippen LogP contribution in [0.3, 0.4) is 0 Å². The van der Waals surface area contributed by atoms with Gasteiger partial charge in [0, 0.05) is 26.2 Å². The van der Waals surface area contributed by atoms with Gasteiger partial charge in [-0.1, -0.05) is 17.3 Å². The van der Waals surface area contributed by atoms with Crippen LogP contribution in [0.4, 0.5) is 4.39 Å². The second-order valence-electron chi connectivity index (χ2n) is 5.83. The van der Waals surface area contributed by atoms with Crippen LogP contribution in [-0.2, 0) is 10.0 Å². The van der Waals surface area contributed by atoms with Crippen LogP contribution >= 0.6 is 0 Å². The van der Waals surface area contributed by atoms with Crippen molar-refractivity contribution in [2.75, 3.05) is 26.2 Å². The molecule has 0 N–H and O–H groups in total. The number of benzene rings is 1. The first-order valence-electron chi connectivity index (χ1n) is 7.79. The Balaban J connectivity index is 1.74. The van der Waals surface area contributed by atoms with Crippen LogP contribution < -0.4 is 0 Å². The predicted octanol–water partition coefficient (Wildman–Crippen LogP) is 1.58. The lowest BCUT2D eigenvalue weighted by Gasteiger charge is -2.34. The Hall–Kier alpha value is -2.26. The molecule has 9 heteroatoms. The Morgan fingerprint density at radius 1 is 1.16 bits per heavy atom. The Bertz CT molecular complexity index is 882. The molecule has 0 bridgehead atoms. The van der Waals surface area contributed by atoms with Crippen LogP contribution in [0.15, 0.2) is 33.7 Å². The lowest BCUT2D eigenvalue weighted by molar-refractivity contribution is 0.0693. The maximum Gasteiger partial charge on any atom is 0.256 e. The number of nitrogens with zero attached hydrogens (tertiary/aromatic N) is 3. The van der Waals surface area contributed by atoms with Gasteiger partial charge < -0.3 is 9.42 Å². The van der Waals surface area contributed by atoms with E-state index in [2.05, 4.69) is 5.16 Å². The van der Waals surface area contributed by atoms with E-state index in [1.54, 1.807) is 19.9 Å². The van der Waals surface area contributed by atoms with Crippen LogP contribution in [0.25, 0.3) is 0 Å². The molecule has 2 aromatic rings. The highest BCUT2D eigenvalue weighted by Crippen LogP contribution is 2.24. The summed E-state index contributed by atoms with van der Waals surface area (Å²) >= 11 is 0. The molecule has 0 spiro atoms. The number of hydrogen-bond donors (Lipinski definition) is 0. The maximum atomic E-state index is 13.8. The Morgan fingerprint density at radius 2 is 1.80 bits per heavy atom. The molecule has 1 aliphatic heterocycles. The van der Waals surface area contributed by atoms with Gasteiger partial charge in [0.1, 0.15) is 16.4 Å². The number of aromatic nitrogens is 1. The van der Waals surface area contributed by atoms with Gasteiger partial charge >= 0.3 is 0 Å². The van der Waals surface area contributed by atoms with E-state index in [-0.39, 0.29) is 42.4 Å². The molecular formula is C16H18FN3O4S. The summed E-state index contributed by atoms with van der Waals surface area (Å²) in [5.74, 6) is -0.784. The standard InChI is InChI=1S/C16H18FN3O4S/c1-11-15(12(2)24-18-11)25(22,23)20-9-7-19(8-10-20)16(21)13-5-3-4-6-14(13)17/h3-6H,7-10H2,1-2H3. The van der Waals surface area contributed by atoms with Gasteiger partial charge in [-0.3, -0.25) is 4.79 Å². The molecule has 1 saturated heterocycles. The molecule has 0 atom stereocenters. The molecule has 0 unspecified atom stereocenters. The normalized spacial score (nSPS) is 16.2. The number of piperazine rings is 1. The molecule has 1 aromatic heterocycles. The first kappa shape index (κ1) is 17.6. The van der Waals surface area contributed by atoms with Crippen molar-refractivity contribution in [3.05, 3.63) is 47.1 Å². The van der Waals surface area contributed by atoms with Crippen LogP contribution in [0.2, 0.25) is 0 Å². The molecule has 0 aliphatic carbocycles. The molecule has 1 fully saturated rings. The first-order valence-corrected chi connectivity index (χ1v) is 9.23. The molecule has 134 valence electrons. The molecule has 25 heavy (non-hydrogen) atoms. The van der Waals surface area contributed by atoms with Crippen LogP contribution in [0.5, 0.6) is 0 Å². The first-order chi connectivity index (χ1) is 11.8. The fraction of sp³-hybridized carbons (Fsp3) is 0.375. The summed E-state index contributed by atoms with van der Waals surface area (Å²) < 4.78 is 45.5. The van der Waals surface area contributed by atoms with Crippen molar-refractivity contribution in [1.82, 2.24) is 14.4 Å². The van der Waals surface area contributed by atoms with E-state index in [0.29, 0.717) is 5.69 Å². The average molecular weight is 367 g/mol. The number of carbonyl (C=O) groups is 1. The van der Waals surface area contributed by atoms with Gasteiger partial charge in [0.05, 0.1) is 5.56 Å². The van der Waals surface area contributed by atoms with Gasteiger partial charge in [0.2, 0.25) is 10.0 Å². The Labute approximate surface area is 145 Å². The second kappa shape index (κ2) is 6.57. The molecule has 1 amide bonds. The Kier molecular flexibility index (Phi) is 4.61. The van der Waals surface area contributed by atoms with E-state index in [9.17, 15) is 17.6 Å². The van der Waals surface area contributed by atoms with Crippen LogP contribution in [0, 0.1) is 19.7 Å². The number of halogens is 1. The van der Waals surface area contributed by atoms with E-state index in [1.165, 1.54) is 27.4 Å². The third-order valence-electron chi connectivity index (χ3n) is 4.20. The summed E-state index contributed by atoms with van der Waals surface area (Å²) in [7, 11) is -3.74. The van der Waals surface area contributed by atoms with Gasteiger partial charge in [-0.2, -0.15) is 4.31 Å². The molecule has 1 aliphatic rings. The molecule has 2 heterocycles. The van der Waals surface area contributed by atoms with Gasteiger partial charge in [-0.25, -0.2) is 12.8 Å². The molecule has 0 radical (unpaired) electrons. The zero-order valence-electron chi connectivity index (χ0n) is 13.9. The van der Waals surface area contributed by atoms with E-state index in [4.69, 9.17) is 4.52 Å². The van der Waals surface area contributed by atoms with Crippen molar-refractivity contribution >= 4 is 15.9 Å². The SMILES string of the molecule is Cc1noc(C)c1S(=O)(=O)N1CCN(C(=O)c2ccccc2F)CC1. The highest BCUT2D eigenvalue weighted by atomic mass is 32.2. The molecule has 1 aromatic carbocycles. The van der Waals surface area contributed by atoms with Gasteiger partial charge in [-0.05, 0) is 26.0 Å². The lowest BCUT2D eigenvalue weighted by Crippen LogP contribution is -2.50. The minimum absolute atomic E-state index is 0.00969. The highest BCUT2D eigenvalue weighted by molar-refractivity contribution is 7.89. The lowest BCUT2D eigenvalue weighted by atomic mass is 10.1. The van der Waals surface area contributed by atoms with Crippen molar-refractivity contribution in [1.29, 1.82) is 0 Å². The van der Waals surface area contributed by atoms with Crippen molar-refractivity contribution in [2.24, 2.45) is 0 Å². The number of amides is 1. The fourth-order valence-electron chi connectivity index (χ4n) is 2.91. The monoisotopic (exact) mass is 367 g/mol. The third kappa shape index (κ3) is 3.16. The summed E-state index contributed by atoms with van der Waals surface area (Å²) in [5.41, 5.74) is 0.298. The van der Waals surface area contributed by atoms with Gasteiger partial charge in [0.15, 0.2) is 5.76 Å². The van der Waals surface area contributed by atoms with Crippen molar-refractivity contribution in [3.8, 4) is 0 Å². The van der Waals surface area contributed by atoms with E-state index >= 15 is 0 Å². The summed E-state index contributed by atoms with van der Waals surface area (Å²) in [5, 5.41) is 3.68. The number of carbonyl (C=O) groups excluding carboxylic acids is 1. The minimum Gasteiger partial charge on any atom is -0.360 e. The highest BCUT2D eigenvalue weighted by Gasteiger charge is 2.34. The second-order valence-corrected chi connectivity index (χ2v) is 7.70. The van der Waals surface area contributed by atoms with Crippen molar-refractivity contribution in [2.45, 2.75) is 18.7 Å². The van der Waals surface area contributed by atoms with Crippen molar-refractivity contribution in [3.63, 3.8) is 0 Å². The average Bonchev–Trinajstić information content (AvgIpc) is 2.94. The zero-order valence-corrected chi connectivity index (χ0v) is 14.7. The summed E-state index contributed by atoms with van der Waals surface area (Å²) in [6.07, 6.45) is 0. The summed E-state index contributed by atoms with van der Waals surface area (Å²) in [4.78, 5) is 13.9. The number of aryl methyl sites for hydroxylation is 2. The summed E-state index contributed by atoms with van der Waals surface area (Å²) in [6, 6.07) is 5.75. The van der Waals surface area contributed by atoms with Gasteiger partial charge in [0.25, 0.3) is 5.91 Å². The zero-order chi connectivity index (χ0) is 18.2. The predicted molar refractivity (Wildman–Crippen MR) is 87.0 cm³/mol. The van der Waals surface area contributed by atoms with Crippen LogP contribution in [-0.4, -0.2) is 54.9 Å². The van der Waals surface area contributed by atoms with Gasteiger partial charge in [-0.15, -0.1) is 0 Å². The molecule has 3 rings (SSSR count). The number of hydrogen-bond acceptors (Lipinski definition) is 5. The van der Waals surface area contributed by atoms with Crippen molar-refractivity contribution < 1.29 is 22.1 Å². The quantitative estimate of drug-likeness (QED) is 0.822. The topological polar surface area (TPSA) is 83.7 Å². The Morgan fingerprint density at radius 3 is 2.36 bits per heavy atom. The maximum absolute atomic E-state index is 13.8.